The Morgan fingerprint density at radius 1 is 1.15 bits per heavy atom. The summed E-state index contributed by atoms with van der Waals surface area (Å²) in [6, 6.07) is -0.446. The first-order valence-corrected chi connectivity index (χ1v) is 16.6. The summed E-state index contributed by atoms with van der Waals surface area (Å²) in [6.45, 7) is 11.2. The van der Waals surface area contributed by atoms with Gasteiger partial charge < -0.3 is 43.6 Å². The second kappa shape index (κ2) is 13.7. The Morgan fingerprint density at radius 3 is 2.52 bits per heavy atom. The smallest absolute Gasteiger partial charge is 0.408 e. The molecule has 0 aromatic heterocycles. The van der Waals surface area contributed by atoms with E-state index in [0.717, 1.165) is 12.0 Å². The van der Waals surface area contributed by atoms with Gasteiger partial charge in [-0.3, -0.25) is 4.79 Å². The molecule has 0 radical (unpaired) electrons. The number of amides is 1. The highest BCUT2D eigenvalue weighted by Crippen LogP contribution is 2.45. The van der Waals surface area contributed by atoms with Crippen molar-refractivity contribution >= 4 is 23.7 Å². The lowest BCUT2D eigenvalue weighted by atomic mass is 9.77. The van der Waals surface area contributed by atoms with Gasteiger partial charge in [0.15, 0.2) is 17.7 Å². The van der Waals surface area contributed by atoms with Crippen molar-refractivity contribution in [3.8, 4) is 11.8 Å². The standard InChI is InChI=1S/C34H48ClNO10/c1-17-13-23(12-10-9-11-22-15-24(22)35)43-30(37)20(4)34(39)16-26(19(3)27(45-34)18(2)25(14-17)40-7)44-31-29(41-8)33(6)28(21(5)42-31)36-32(38)46-33/h10,12,14,18-29,31,39H,13,15-16H2,1-8H3,(H,36,38). The Balaban J connectivity index is 1.44. The third-order valence-corrected chi connectivity index (χ3v) is 10.8. The van der Waals surface area contributed by atoms with E-state index in [4.69, 9.17) is 44.8 Å². The first-order valence-electron chi connectivity index (χ1n) is 16.2. The second-order valence-corrected chi connectivity index (χ2v) is 14.3. The molecule has 12 heteroatoms. The molecule has 0 aromatic rings. The molecule has 5 rings (SSSR count). The first kappa shape index (κ1) is 35.1. The fourth-order valence-corrected chi connectivity index (χ4v) is 7.50. The molecule has 3 saturated heterocycles. The number of ether oxygens (including phenoxy) is 7. The largest absolute Gasteiger partial charge is 0.457 e. The van der Waals surface area contributed by atoms with E-state index < -0.39 is 72.2 Å². The summed E-state index contributed by atoms with van der Waals surface area (Å²) in [5.74, 6) is 2.17. The Labute approximate surface area is 276 Å². The molecular formula is C34H48ClNO10. The Kier molecular flexibility index (Phi) is 10.5. The third kappa shape index (κ3) is 7.00. The van der Waals surface area contributed by atoms with Crippen LogP contribution in [0.15, 0.2) is 23.8 Å². The first-order chi connectivity index (χ1) is 21.7. The van der Waals surface area contributed by atoms with Crippen molar-refractivity contribution < 1.29 is 47.9 Å². The minimum atomic E-state index is -1.94. The number of alkyl halides is 1. The predicted octanol–water partition coefficient (Wildman–Crippen LogP) is 3.85. The highest BCUT2D eigenvalue weighted by atomic mass is 35.5. The maximum atomic E-state index is 13.6. The lowest BCUT2D eigenvalue weighted by Gasteiger charge is -2.52. The summed E-state index contributed by atoms with van der Waals surface area (Å²) in [5, 5.41) is 15.0. The summed E-state index contributed by atoms with van der Waals surface area (Å²) >= 11 is 6.06. The summed E-state index contributed by atoms with van der Waals surface area (Å²) < 4.78 is 42.8. The fraction of sp³-hybridized carbons (Fsp3) is 0.765. The van der Waals surface area contributed by atoms with Crippen molar-refractivity contribution in [1.82, 2.24) is 5.32 Å². The van der Waals surface area contributed by atoms with Crippen molar-refractivity contribution in [2.75, 3.05) is 14.2 Å². The predicted molar refractivity (Wildman–Crippen MR) is 167 cm³/mol. The molecule has 256 valence electrons. The molecule has 5 aliphatic rings. The number of methoxy groups -OCH3 is 2. The maximum absolute atomic E-state index is 13.6. The number of halogens is 1. The average molecular weight is 666 g/mol. The van der Waals surface area contributed by atoms with Gasteiger partial charge in [0.25, 0.3) is 0 Å². The van der Waals surface area contributed by atoms with Gasteiger partial charge >= 0.3 is 12.1 Å². The SMILES string of the molecule is COC1C=C(C)CC(C=CC#CC2CC2Cl)OC(=O)C(C)C2(O)CC(OC3OC(C)C4NC(=O)OC4(C)C3OC)C(C)C(O2)C1C. The Hall–Kier alpha value is -2.17. The summed E-state index contributed by atoms with van der Waals surface area (Å²) in [4.78, 5) is 25.9. The zero-order valence-electron chi connectivity index (χ0n) is 27.9. The van der Waals surface area contributed by atoms with Crippen LogP contribution in [0.1, 0.15) is 60.8 Å². The second-order valence-electron chi connectivity index (χ2n) is 13.7. The van der Waals surface area contributed by atoms with Crippen LogP contribution >= 0.6 is 11.6 Å². The van der Waals surface area contributed by atoms with Gasteiger partial charge in [-0.05, 0) is 46.3 Å². The highest BCUT2D eigenvalue weighted by Gasteiger charge is 2.62. The van der Waals surface area contributed by atoms with Crippen molar-refractivity contribution in [2.45, 2.75) is 127 Å². The minimum Gasteiger partial charge on any atom is -0.457 e. The van der Waals surface area contributed by atoms with Gasteiger partial charge in [-0.15, -0.1) is 11.6 Å². The molecular weight excluding hydrogens is 618 g/mol. The number of aliphatic hydroxyl groups is 1. The molecule has 2 N–H and O–H groups in total. The molecule has 0 spiro atoms. The molecule has 46 heavy (non-hydrogen) atoms. The van der Waals surface area contributed by atoms with Gasteiger partial charge in [-0.25, -0.2) is 4.79 Å². The van der Waals surface area contributed by atoms with Crippen LogP contribution in [0.25, 0.3) is 0 Å². The van der Waals surface area contributed by atoms with E-state index >= 15 is 0 Å². The van der Waals surface area contributed by atoms with Crippen molar-refractivity contribution in [3.63, 3.8) is 0 Å². The van der Waals surface area contributed by atoms with Crippen LogP contribution in [0.5, 0.6) is 0 Å². The van der Waals surface area contributed by atoms with Crippen LogP contribution in [-0.4, -0.2) is 97.1 Å². The number of hydrogen-bond donors (Lipinski definition) is 2. The van der Waals surface area contributed by atoms with Gasteiger partial charge in [-0.2, -0.15) is 0 Å². The van der Waals surface area contributed by atoms with Crippen LogP contribution in [0, 0.1) is 35.5 Å². The number of alkyl carbamates (subject to hydrolysis) is 1. The van der Waals surface area contributed by atoms with Gasteiger partial charge in [0.1, 0.15) is 24.2 Å². The zero-order chi connectivity index (χ0) is 33.6. The molecule has 15 atom stereocenters. The van der Waals surface area contributed by atoms with Gasteiger partial charge in [0, 0.05) is 50.2 Å². The number of carbonyl (C=O) groups excluding carboxylic acids is 2. The van der Waals surface area contributed by atoms with Crippen molar-refractivity contribution in [2.24, 2.45) is 23.7 Å². The van der Waals surface area contributed by atoms with E-state index in [1.807, 2.05) is 33.8 Å². The van der Waals surface area contributed by atoms with E-state index in [9.17, 15) is 14.7 Å². The van der Waals surface area contributed by atoms with Crippen LogP contribution in [0.3, 0.4) is 0 Å². The number of rotatable bonds is 5. The van der Waals surface area contributed by atoms with Crippen LogP contribution < -0.4 is 5.32 Å². The van der Waals surface area contributed by atoms with Crippen molar-refractivity contribution in [3.05, 3.63) is 23.8 Å². The zero-order valence-corrected chi connectivity index (χ0v) is 28.6. The minimum absolute atomic E-state index is 0.0456. The molecule has 15 unspecified atom stereocenters. The summed E-state index contributed by atoms with van der Waals surface area (Å²) in [5.41, 5.74) is -0.0904. The molecule has 1 amide bonds. The average Bonchev–Trinajstić information content (AvgIpc) is 3.60. The van der Waals surface area contributed by atoms with Crippen LogP contribution in [-0.2, 0) is 38.0 Å². The summed E-state index contributed by atoms with van der Waals surface area (Å²) in [7, 11) is 3.14. The van der Waals surface area contributed by atoms with E-state index in [1.165, 1.54) is 7.11 Å². The quantitative estimate of drug-likeness (QED) is 0.193. The Morgan fingerprint density at radius 2 is 1.87 bits per heavy atom. The maximum Gasteiger partial charge on any atom is 0.408 e. The van der Waals surface area contributed by atoms with E-state index in [0.29, 0.717) is 6.42 Å². The highest BCUT2D eigenvalue weighted by molar-refractivity contribution is 6.22. The monoisotopic (exact) mass is 665 g/mol. The molecule has 0 aromatic carbocycles. The fourth-order valence-electron chi connectivity index (χ4n) is 7.24. The number of carbonyl (C=O) groups is 2. The van der Waals surface area contributed by atoms with Crippen LogP contribution in [0.4, 0.5) is 4.79 Å². The van der Waals surface area contributed by atoms with Crippen LogP contribution in [0.2, 0.25) is 0 Å². The van der Waals surface area contributed by atoms with E-state index in [1.54, 1.807) is 33.1 Å². The number of esters is 1. The molecule has 2 bridgehead atoms. The molecule has 4 heterocycles. The van der Waals surface area contributed by atoms with Gasteiger partial charge in [0.2, 0.25) is 0 Å². The van der Waals surface area contributed by atoms with E-state index in [-0.39, 0.29) is 35.7 Å². The number of cyclic esters (lactones) is 1. The normalized spacial score (nSPS) is 47.6. The number of nitrogens with one attached hydrogen (secondary N) is 1. The number of allylic oxidation sites excluding steroid dienone is 1. The molecule has 4 aliphatic heterocycles. The number of hydrogen-bond acceptors (Lipinski definition) is 10. The lowest BCUT2D eigenvalue weighted by Crippen LogP contribution is -2.67. The van der Waals surface area contributed by atoms with Crippen molar-refractivity contribution in [1.29, 1.82) is 0 Å². The molecule has 11 nitrogen and oxygen atoms in total. The summed E-state index contributed by atoms with van der Waals surface area (Å²) in [6.07, 6.45) is 1.77. The third-order valence-electron chi connectivity index (χ3n) is 10.3. The lowest BCUT2D eigenvalue weighted by molar-refractivity contribution is -0.355. The Bertz CT molecular complexity index is 1280. The number of fused-ring (bicyclic) bond motifs is 3. The van der Waals surface area contributed by atoms with E-state index in [2.05, 4.69) is 17.2 Å². The topological polar surface area (TPSA) is 131 Å². The molecule has 4 fully saturated rings. The molecule has 1 saturated carbocycles. The molecule has 1 aliphatic carbocycles. The van der Waals surface area contributed by atoms with Gasteiger partial charge in [0.05, 0.1) is 24.4 Å². The van der Waals surface area contributed by atoms with Gasteiger partial charge in [-0.1, -0.05) is 37.3 Å².